The molecule has 0 radical (unpaired) electrons. The highest BCUT2D eigenvalue weighted by Crippen LogP contribution is 2.13. The molecule has 2 aromatic rings. The Morgan fingerprint density at radius 2 is 2.27 bits per heavy atom. The number of halogens is 1. The number of hydrogen-bond acceptors (Lipinski definition) is 5. The van der Waals surface area contributed by atoms with E-state index in [-0.39, 0.29) is 24.0 Å². The number of aliphatic imine (C=N–C) groups is 1. The molecule has 0 aromatic carbocycles. The maximum Gasteiger partial charge on any atom is 0.218 e. The third kappa shape index (κ3) is 4.86. The van der Waals surface area contributed by atoms with Crippen LogP contribution in [0.2, 0.25) is 0 Å². The second-order valence-electron chi connectivity index (χ2n) is 4.42. The lowest BCUT2D eigenvalue weighted by molar-refractivity contribution is 0.387. The Morgan fingerprint density at radius 1 is 1.45 bits per heavy atom. The van der Waals surface area contributed by atoms with E-state index in [4.69, 9.17) is 9.26 Å². The van der Waals surface area contributed by atoms with Crippen molar-refractivity contribution in [1.29, 1.82) is 0 Å². The van der Waals surface area contributed by atoms with Crippen molar-refractivity contribution < 1.29 is 9.26 Å². The molecule has 0 bridgehead atoms. The highest BCUT2D eigenvalue weighted by molar-refractivity contribution is 14.0. The predicted octanol–water partition coefficient (Wildman–Crippen LogP) is 1.90. The Morgan fingerprint density at radius 3 is 2.91 bits per heavy atom. The molecule has 0 unspecified atom stereocenters. The van der Waals surface area contributed by atoms with Gasteiger partial charge in [-0.15, -0.1) is 24.0 Å². The van der Waals surface area contributed by atoms with Crippen molar-refractivity contribution in [2.45, 2.75) is 13.1 Å². The number of pyridine rings is 1. The van der Waals surface area contributed by atoms with Crippen LogP contribution >= 0.6 is 24.0 Å². The molecule has 7 nitrogen and oxygen atoms in total. The van der Waals surface area contributed by atoms with Crippen LogP contribution in [0.4, 0.5) is 0 Å². The van der Waals surface area contributed by atoms with Gasteiger partial charge in [-0.2, -0.15) is 0 Å². The molecular weight excluding hydrogens is 397 g/mol. The summed E-state index contributed by atoms with van der Waals surface area (Å²) in [6, 6.07) is 5.67. The average molecular weight is 417 g/mol. The molecule has 22 heavy (non-hydrogen) atoms. The van der Waals surface area contributed by atoms with Crippen LogP contribution in [0.15, 0.2) is 40.2 Å². The van der Waals surface area contributed by atoms with Gasteiger partial charge in [-0.25, -0.2) is 4.98 Å². The van der Waals surface area contributed by atoms with E-state index in [1.54, 1.807) is 26.6 Å². The second-order valence-corrected chi connectivity index (χ2v) is 4.42. The van der Waals surface area contributed by atoms with Crippen LogP contribution in [0.3, 0.4) is 0 Å². The zero-order valence-electron chi connectivity index (χ0n) is 12.8. The van der Waals surface area contributed by atoms with E-state index in [9.17, 15) is 0 Å². The number of methoxy groups -OCH3 is 1. The van der Waals surface area contributed by atoms with E-state index >= 15 is 0 Å². The van der Waals surface area contributed by atoms with Gasteiger partial charge in [-0.3, -0.25) is 4.99 Å². The zero-order valence-corrected chi connectivity index (χ0v) is 15.1. The summed E-state index contributed by atoms with van der Waals surface area (Å²) >= 11 is 0. The summed E-state index contributed by atoms with van der Waals surface area (Å²) in [6.45, 7) is 1.19. The molecule has 0 spiro atoms. The molecule has 2 aromatic heterocycles. The Balaban J connectivity index is 0.00000242. The lowest BCUT2D eigenvalue weighted by Crippen LogP contribution is -2.38. The normalized spacial score (nSPS) is 10.8. The van der Waals surface area contributed by atoms with E-state index in [0.717, 1.165) is 17.2 Å². The van der Waals surface area contributed by atoms with E-state index in [0.29, 0.717) is 19.0 Å². The first kappa shape index (κ1) is 18.2. The smallest absolute Gasteiger partial charge is 0.218 e. The standard InChI is InChI=1S/C14H19N5O2.HI/c1-15-14(19(2)10-12-6-8-21-18-12)17-9-11-5-4-7-16-13(11)20-3;/h4-8H,9-10H2,1-3H3,(H,15,17);1H. The molecular formula is C14H20IN5O2. The van der Waals surface area contributed by atoms with Crippen LogP contribution in [-0.2, 0) is 13.1 Å². The van der Waals surface area contributed by atoms with Gasteiger partial charge < -0.3 is 19.5 Å². The molecule has 0 aliphatic heterocycles. The molecule has 0 saturated carbocycles. The minimum atomic E-state index is 0. The SMILES string of the molecule is CN=C(NCc1cccnc1OC)N(C)Cc1ccon1.I. The number of rotatable bonds is 5. The van der Waals surface area contributed by atoms with Gasteiger partial charge in [0.1, 0.15) is 12.0 Å². The quantitative estimate of drug-likeness (QED) is 0.455. The van der Waals surface area contributed by atoms with Gasteiger partial charge in [-0.05, 0) is 6.07 Å². The molecule has 0 aliphatic rings. The van der Waals surface area contributed by atoms with Crippen molar-refractivity contribution in [3.8, 4) is 5.88 Å². The number of nitrogens with zero attached hydrogens (tertiary/aromatic N) is 4. The van der Waals surface area contributed by atoms with Gasteiger partial charge >= 0.3 is 0 Å². The number of nitrogens with one attached hydrogen (secondary N) is 1. The summed E-state index contributed by atoms with van der Waals surface area (Å²) < 4.78 is 10.1. The first-order valence-electron chi connectivity index (χ1n) is 6.53. The molecule has 1 N–H and O–H groups in total. The number of aromatic nitrogens is 2. The molecule has 2 rings (SSSR count). The van der Waals surface area contributed by atoms with Gasteiger partial charge in [0.2, 0.25) is 5.88 Å². The van der Waals surface area contributed by atoms with Crippen LogP contribution in [0, 0.1) is 0 Å². The molecule has 0 fully saturated rings. The highest BCUT2D eigenvalue weighted by atomic mass is 127. The summed E-state index contributed by atoms with van der Waals surface area (Å²) in [7, 11) is 5.28. The number of guanidine groups is 1. The Hall–Kier alpha value is -1.84. The van der Waals surface area contributed by atoms with E-state index in [1.165, 1.54) is 0 Å². The van der Waals surface area contributed by atoms with Crippen LogP contribution < -0.4 is 10.1 Å². The summed E-state index contributed by atoms with van der Waals surface area (Å²) in [5.74, 6) is 1.36. The monoisotopic (exact) mass is 417 g/mol. The minimum absolute atomic E-state index is 0. The van der Waals surface area contributed by atoms with E-state index < -0.39 is 0 Å². The Bertz CT molecular complexity index is 589. The summed E-state index contributed by atoms with van der Waals surface area (Å²) in [5, 5.41) is 7.16. The van der Waals surface area contributed by atoms with Crippen LogP contribution in [0.25, 0.3) is 0 Å². The fourth-order valence-electron chi connectivity index (χ4n) is 1.94. The van der Waals surface area contributed by atoms with Crippen molar-refractivity contribution in [2.75, 3.05) is 21.2 Å². The fraction of sp³-hybridized carbons (Fsp3) is 0.357. The highest BCUT2D eigenvalue weighted by Gasteiger charge is 2.10. The first-order valence-corrected chi connectivity index (χ1v) is 6.53. The van der Waals surface area contributed by atoms with Gasteiger partial charge in [0, 0.05) is 38.5 Å². The van der Waals surface area contributed by atoms with Crippen molar-refractivity contribution in [2.24, 2.45) is 4.99 Å². The molecule has 8 heteroatoms. The molecule has 0 saturated heterocycles. The van der Waals surface area contributed by atoms with Gasteiger partial charge in [0.15, 0.2) is 5.96 Å². The molecule has 0 atom stereocenters. The van der Waals surface area contributed by atoms with Crippen molar-refractivity contribution in [3.63, 3.8) is 0 Å². The molecule has 0 amide bonds. The molecule has 0 aliphatic carbocycles. The first-order chi connectivity index (χ1) is 10.2. The topological polar surface area (TPSA) is 75.8 Å². The Labute approximate surface area is 146 Å². The molecule has 120 valence electrons. The second kappa shape index (κ2) is 9.23. The lowest BCUT2D eigenvalue weighted by atomic mass is 10.2. The Kier molecular flexibility index (Phi) is 7.64. The van der Waals surface area contributed by atoms with Gasteiger partial charge in [-0.1, -0.05) is 11.2 Å². The third-order valence-corrected chi connectivity index (χ3v) is 2.94. The van der Waals surface area contributed by atoms with Crippen LogP contribution in [0.1, 0.15) is 11.3 Å². The van der Waals surface area contributed by atoms with E-state index in [2.05, 4.69) is 20.4 Å². The largest absolute Gasteiger partial charge is 0.481 e. The van der Waals surface area contributed by atoms with Crippen molar-refractivity contribution in [3.05, 3.63) is 41.9 Å². The van der Waals surface area contributed by atoms with Crippen LogP contribution in [0.5, 0.6) is 5.88 Å². The maximum atomic E-state index is 5.23. The molecule has 2 heterocycles. The van der Waals surface area contributed by atoms with Crippen LogP contribution in [-0.4, -0.2) is 42.2 Å². The average Bonchev–Trinajstić information content (AvgIpc) is 3.01. The van der Waals surface area contributed by atoms with Gasteiger partial charge in [0.05, 0.1) is 13.7 Å². The predicted molar refractivity (Wildman–Crippen MR) is 94.4 cm³/mol. The lowest BCUT2D eigenvalue weighted by Gasteiger charge is -2.21. The summed E-state index contributed by atoms with van der Waals surface area (Å²) in [4.78, 5) is 10.4. The van der Waals surface area contributed by atoms with Gasteiger partial charge in [0.25, 0.3) is 0 Å². The summed E-state index contributed by atoms with van der Waals surface area (Å²) in [5.41, 5.74) is 1.82. The zero-order chi connectivity index (χ0) is 15.1. The summed E-state index contributed by atoms with van der Waals surface area (Å²) in [6.07, 6.45) is 3.26. The third-order valence-electron chi connectivity index (χ3n) is 2.94. The number of hydrogen-bond donors (Lipinski definition) is 1. The minimum Gasteiger partial charge on any atom is -0.481 e. The van der Waals surface area contributed by atoms with Crippen molar-refractivity contribution >= 4 is 29.9 Å². The van der Waals surface area contributed by atoms with E-state index in [1.807, 2.05) is 30.1 Å². The number of ether oxygens (including phenoxy) is 1. The maximum absolute atomic E-state index is 5.23. The fourth-order valence-corrected chi connectivity index (χ4v) is 1.94. The van der Waals surface area contributed by atoms with Crippen molar-refractivity contribution in [1.82, 2.24) is 20.4 Å².